The second-order valence-corrected chi connectivity index (χ2v) is 8.18. The number of hydrogen-bond donors (Lipinski definition) is 2. The van der Waals surface area contributed by atoms with E-state index in [9.17, 15) is 9.90 Å². The van der Waals surface area contributed by atoms with Gasteiger partial charge in [-0.2, -0.15) is 0 Å². The predicted molar refractivity (Wildman–Crippen MR) is 103 cm³/mol. The summed E-state index contributed by atoms with van der Waals surface area (Å²) in [6.45, 7) is 0. The van der Waals surface area contributed by atoms with Crippen LogP contribution in [0.15, 0.2) is 52.9 Å². The summed E-state index contributed by atoms with van der Waals surface area (Å²) < 4.78 is 0.463. The zero-order valence-electron chi connectivity index (χ0n) is 12.5. The first-order valence-electron chi connectivity index (χ1n) is 7.04. The van der Waals surface area contributed by atoms with Crippen LogP contribution in [0.4, 0.5) is 0 Å². The standard InChI is InChI=1S/C17H11Cl2NO3S2/c18-11-5-1-9(2-6-11)13-14(10-3-7-12(19)8-4-10)24-17(20-13)25-16(23)15(21)22/h1-8,16,23H,(H,21,22). The lowest BCUT2D eigenvalue weighted by Crippen LogP contribution is -2.14. The Bertz CT molecular complexity index is 832. The van der Waals surface area contributed by atoms with Crippen LogP contribution < -0.4 is 0 Å². The van der Waals surface area contributed by atoms with Crippen LogP contribution in [-0.4, -0.2) is 26.6 Å². The number of aliphatic hydroxyl groups excluding tert-OH is 1. The smallest absolute Gasteiger partial charge is 0.343 e. The SMILES string of the molecule is O=C(O)C(O)Sc1nc(-c2ccc(Cl)cc2)c(-c2ccc(Cl)cc2)s1. The topological polar surface area (TPSA) is 70.4 Å². The number of carboxylic acid groups (broad SMARTS) is 1. The molecule has 0 amide bonds. The van der Waals surface area contributed by atoms with Crippen LogP contribution in [0.2, 0.25) is 10.0 Å². The minimum atomic E-state index is -1.57. The lowest BCUT2D eigenvalue weighted by Gasteiger charge is -2.03. The molecule has 0 saturated carbocycles. The van der Waals surface area contributed by atoms with E-state index < -0.39 is 11.4 Å². The van der Waals surface area contributed by atoms with E-state index in [0.29, 0.717) is 20.1 Å². The summed E-state index contributed by atoms with van der Waals surface area (Å²) in [5.74, 6) is -1.30. The minimum absolute atomic E-state index is 0.463. The number of halogens is 2. The number of carboxylic acids is 1. The third kappa shape index (κ3) is 4.34. The lowest BCUT2D eigenvalue weighted by atomic mass is 10.1. The number of aromatic nitrogens is 1. The van der Waals surface area contributed by atoms with Crippen LogP contribution in [0.3, 0.4) is 0 Å². The fourth-order valence-corrected chi connectivity index (χ4v) is 4.33. The molecule has 2 aromatic carbocycles. The van der Waals surface area contributed by atoms with E-state index in [-0.39, 0.29) is 0 Å². The molecule has 0 aliphatic rings. The lowest BCUT2D eigenvalue weighted by molar-refractivity contribution is -0.141. The van der Waals surface area contributed by atoms with Crippen LogP contribution in [0.5, 0.6) is 0 Å². The Morgan fingerprint density at radius 1 is 1.00 bits per heavy atom. The number of carbonyl (C=O) groups is 1. The molecule has 0 spiro atoms. The average molecular weight is 412 g/mol. The van der Waals surface area contributed by atoms with Crippen molar-refractivity contribution in [3.8, 4) is 21.7 Å². The highest BCUT2D eigenvalue weighted by atomic mass is 35.5. The van der Waals surface area contributed by atoms with Gasteiger partial charge < -0.3 is 10.2 Å². The number of rotatable bonds is 5. The maximum absolute atomic E-state index is 10.9. The molecule has 0 saturated heterocycles. The van der Waals surface area contributed by atoms with Gasteiger partial charge in [0.2, 0.25) is 5.44 Å². The normalized spacial score (nSPS) is 12.1. The van der Waals surface area contributed by atoms with E-state index in [2.05, 4.69) is 4.98 Å². The number of thioether (sulfide) groups is 1. The van der Waals surface area contributed by atoms with Crippen molar-refractivity contribution >= 4 is 52.3 Å². The molecule has 1 atom stereocenters. The summed E-state index contributed by atoms with van der Waals surface area (Å²) in [7, 11) is 0. The highest BCUT2D eigenvalue weighted by Crippen LogP contribution is 2.41. The van der Waals surface area contributed by atoms with E-state index in [4.69, 9.17) is 28.3 Å². The molecule has 8 heteroatoms. The summed E-state index contributed by atoms with van der Waals surface area (Å²) in [6.07, 6.45) is 0. The predicted octanol–water partition coefficient (Wildman–Crippen LogP) is 5.28. The Labute approximate surface area is 162 Å². The fraction of sp³-hybridized carbons (Fsp3) is 0.0588. The van der Waals surface area contributed by atoms with Gasteiger partial charge in [0, 0.05) is 15.6 Å². The molecular weight excluding hydrogens is 401 g/mol. The maximum atomic E-state index is 10.9. The Morgan fingerprint density at radius 3 is 2.04 bits per heavy atom. The highest BCUT2D eigenvalue weighted by molar-refractivity contribution is 8.02. The maximum Gasteiger partial charge on any atom is 0.343 e. The summed E-state index contributed by atoms with van der Waals surface area (Å²) in [5.41, 5.74) is 0.886. The second kappa shape index (κ2) is 7.76. The van der Waals surface area contributed by atoms with Gasteiger partial charge in [-0.1, -0.05) is 59.2 Å². The number of nitrogens with zero attached hydrogens (tertiary/aromatic N) is 1. The summed E-state index contributed by atoms with van der Waals surface area (Å²) in [6, 6.07) is 14.5. The Hall–Kier alpha value is -1.57. The van der Waals surface area contributed by atoms with Crippen LogP contribution in [0, 0.1) is 0 Å². The van der Waals surface area contributed by atoms with Gasteiger partial charge in [-0.3, -0.25) is 0 Å². The minimum Gasteiger partial charge on any atom is -0.479 e. The van der Waals surface area contributed by atoms with E-state index in [0.717, 1.165) is 27.8 Å². The Balaban J connectivity index is 2.07. The molecule has 1 unspecified atom stereocenters. The number of thiazole rings is 1. The zero-order chi connectivity index (χ0) is 18.0. The van der Waals surface area contributed by atoms with Gasteiger partial charge in [0.15, 0.2) is 4.34 Å². The Morgan fingerprint density at radius 2 is 1.52 bits per heavy atom. The van der Waals surface area contributed by atoms with Crippen LogP contribution in [0.1, 0.15) is 0 Å². The van der Waals surface area contributed by atoms with Crippen molar-refractivity contribution in [2.45, 2.75) is 9.78 Å². The molecule has 0 aliphatic heterocycles. The molecule has 0 fully saturated rings. The van der Waals surface area contributed by atoms with Crippen molar-refractivity contribution < 1.29 is 15.0 Å². The monoisotopic (exact) mass is 411 g/mol. The van der Waals surface area contributed by atoms with Crippen molar-refractivity contribution in [1.82, 2.24) is 4.98 Å². The van der Waals surface area contributed by atoms with Crippen molar-refractivity contribution in [3.05, 3.63) is 58.6 Å². The van der Waals surface area contributed by atoms with Crippen LogP contribution >= 0.6 is 46.3 Å². The first-order chi connectivity index (χ1) is 11.9. The molecule has 3 aromatic rings. The third-order valence-electron chi connectivity index (χ3n) is 3.26. The molecule has 128 valence electrons. The number of aliphatic carboxylic acids is 1. The molecule has 1 aromatic heterocycles. The van der Waals surface area contributed by atoms with Gasteiger partial charge in [-0.25, -0.2) is 9.78 Å². The fourth-order valence-electron chi connectivity index (χ4n) is 2.10. The van der Waals surface area contributed by atoms with Gasteiger partial charge in [0.05, 0.1) is 10.6 Å². The third-order valence-corrected chi connectivity index (χ3v) is 5.91. The number of aliphatic hydroxyl groups is 1. The molecular formula is C17H11Cl2NO3S2. The molecule has 4 nitrogen and oxygen atoms in total. The second-order valence-electron chi connectivity index (χ2n) is 4.98. The van der Waals surface area contributed by atoms with Crippen LogP contribution in [-0.2, 0) is 4.79 Å². The first-order valence-corrected chi connectivity index (χ1v) is 9.49. The molecule has 25 heavy (non-hydrogen) atoms. The molecule has 3 rings (SSSR count). The number of hydrogen-bond acceptors (Lipinski definition) is 5. The van der Waals surface area contributed by atoms with E-state index in [1.54, 1.807) is 24.3 Å². The van der Waals surface area contributed by atoms with Crippen LogP contribution in [0.25, 0.3) is 21.7 Å². The molecule has 2 N–H and O–H groups in total. The van der Waals surface area contributed by atoms with Gasteiger partial charge in [0.1, 0.15) is 0 Å². The van der Waals surface area contributed by atoms with Crippen molar-refractivity contribution in [3.63, 3.8) is 0 Å². The zero-order valence-corrected chi connectivity index (χ0v) is 15.7. The summed E-state index contributed by atoms with van der Waals surface area (Å²) in [4.78, 5) is 16.3. The summed E-state index contributed by atoms with van der Waals surface area (Å²) >= 11 is 14.0. The molecule has 1 heterocycles. The van der Waals surface area contributed by atoms with Crippen molar-refractivity contribution in [2.75, 3.05) is 0 Å². The van der Waals surface area contributed by atoms with Crippen molar-refractivity contribution in [2.24, 2.45) is 0 Å². The van der Waals surface area contributed by atoms with Gasteiger partial charge in [-0.05, 0) is 29.8 Å². The van der Waals surface area contributed by atoms with E-state index in [1.807, 2.05) is 24.3 Å². The Kier molecular flexibility index (Phi) is 5.66. The quantitative estimate of drug-likeness (QED) is 0.441. The largest absolute Gasteiger partial charge is 0.479 e. The number of benzene rings is 2. The van der Waals surface area contributed by atoms with Gasteiger partial charge in [-0.15, -0.1) is 11.3 Å². The van der Waals surface area contributed by atoms with E-state index >= 15 is 0 Å². The van der Waals surface area contributed by atoms with E-state index in [1.165, 1.54) is 11.3 Å². The highest BCUT2D eigenvalue weighted by Gasteiger charge is 2.21. The summed E-state index contributed by atoms with van der Waals surface area (Å²) in [5, 5.41) is 19.7. The van der Waals surface area contributed by atoms with Gasteiger partial charge >= 0.3 is 5.97 Å². The average Bonchev–Trinajstić information content (AvgIpc) is 3.00. The molecule has 0 radical (unpaired) electrons. The van der Waals surface area contributed by atoms with Gasteiger partial charge in [0.25, 0.3) is 0 Å². The first kappa shape index (κ1) is 18.2. The molecule has 0 bridgehead atoms. The van der Waals surface area contributed by atoms with Crippen molar-refractivity contribution in [1.29, 1.82) is 0 Å². The molecule has 0 aliphatic carbocycles.